The molecule has 108 valence electrons. The fourth-order valence-corrected chi connectivity index (χ4v) is 3.20. The van der Waals surface area contributed by atoms with Crippen molar-refractivity contribution in [3.63, 3.8) is 0 Å². The van der Waals surface area contributed by atoms with Gasteiger partial charge in [-0.1, -0.05) is 30.3 Å². The van der Waals surface area contributed by atoms with Crippen LogP contribution >= 0.6 is 11.3 Å². The van der Waals surface area contributed by atoms with E-state index in [4.69, 9.17) is 0 Å². The topological polar surface area (TPSA) is 42.2 Å². The number of rotatable bonds is 5. The van der Waals surface area contributed by atoms with Crippen LogP contribution in [-0.4, -0.2) is 30.6 Å². The maximum Gasteiger partial charge on any atom is 0.138 e. The fraction of sp³-hybridized carbons (Fsp3) is 0.250. The van der Waals surface area contributed by atoms with E-state index in [2.05, 4.69) is 71.2 Å². The highest BCUT2D eigenvalue weighted by Gasteiger charge is 2.18. The van der Waals surface area contributed by atoms with Crippen LogP contribution in [0, 0.1) is 0 Å². The summed E-state index contributed by atoms with van der Waals surface area (Å²) in [6.45, 7) is 0.842. The normalized spacial score (nSPS) is 12.7. The number of hydrogen-bond acceptors (Lipinski definition) is 4. The molecule has 0 unspecified atom stereocenters. The van der Waals surface area contributed by atoms with E-state index in [1.54, 1.807) is 17.7 Å². The quantitative estimate of drug-likeness (QED) is 0.757. The highest BCUT2D eigenvalue weighted by Crippen LogP contribution is 2.24. The first kappa shape index (κ1) is 14.0. The Morgan fingerprint density at radius 3 is 2.71 bits per heavy atom. The van der Waals surface area contributed by atoms with Gasteiger partial charge in [0.1, 0.15) is 23.0 Å². The van der Waals surface area contributed by atoms with E-state index >= 15 is 0 Å². The summed E-state index contributed by atoms with van der Waals surface area (Å²) in [6, 6.07) is 13.1. The van der Waals surface area contributed by atoms with Crippen molar-refractivity contribution in [2.75, 3.05) is 26.0 Å². The Labute approximate surface area is 128 Å². The van der Waals surface area contributed by atoms with Gasteiger partial charge >= 0.3 is 0 Å². The molecule has 0 radical (unpaired) electrons. The summed E-state index contributed by atoms with van der Waals surface area (Å²) in [4.78, 5) is 11.1. The second-order valence-electron chi connectivity index (χ2n) is 5.28. The summed E-state index contributed by atoms with van der Waals surface area (Å²) in [6.07, 6.45) is 1.63. The molecular formula is C16H19N4S+. The molecule has 1 aromatic carbocycles. The number of likely N-dealkylation sites (N-methyl/N-ethyl adjacent to an activating group) is 1. The van der Waals surface area contributed by atoms with Crippen LogP contribution in [0.25, 0.3) is 10.2 Å². The number of nitrogens with one attached hydrogen (secondary N) is 2. The van der Waals surface area contributed by atoms with Crippen molar-refractivity contribution >= 4 is 27.4 Å². The van der Waals surface area contributed by atoms with Gasteiger partial charge in [0.25, 0.3) is 0 Å². The fourth-order valence-electron chi connectivity index (χ4n) is 2.47. The van der Waals surface area contributed by atoms with Crippen molar-refractivity contribution < 1.29 is 4.90 Å². The Bertz CT molecular complexity index is 708. The molecule has 5 heteroatoms. The molecule has 0 aliphatic carbocycles. The van der Waals surface area contributed by atoms with Gasteiger partial charge in [-0.05, 0) is 11.4 Å². The maximum atomic E-state index is 4.38. The molecule has 0 bridgehead atoms. The van der Waals surface area contributed by atoms with Crippen molar-refractivity contribution in [2.45, 2.75) is 6.04 Å². The summed E-state index contributed by atoms with van der Waals surface area (Å²) in [5, 5.41) is 6.64. The molecule has 0 amide bonds. The molecular weight excluding hydrogens is 280 g/mol. The first-order valence-electron chi connectivity index (χ1n) is 7.03. The van der Waals surface area contributed by atoms with E-state index in [-0.39, 0.29) is 0 Å². The van der Waals surface area contributed by atoms with Crippen molar-refractivity contribution in [1.29, 1.82) is 0 Å². The number of nitrogens with zero attached hydrogens (tertiary/aromatic N) is 2. The van der Waals surface area contributed by atoms with Crippen LogP contribution in [0.4, 0.5) is 5.82 Å². The third kappa shape index (κ3) is 3.04. The van der Waals surface area contributed by atoms with E-state index < -0.39 is 0 Å². The second-order valence-corrected chi connectivity index (χ2v) is 6.18. The predicted molar refractivity (Wildman–Crippen MR) is 87.9 cm³/mol. The summed E-state index contributed by atoms with van der Waals surface area (Å²) in [5.74, 6) is 0.920. The molecule has 0 aliphatic heterocycles. The summed E-state index contributed by atoms with van der Waals surface area (Å²) >= 11 is 1.64. The molecule has 0 spiro atoms. The number of fused-ring (bicyclic) bond motifs is 1. The lowest BCUT2D eigenvalue weighted by Crippen LogP contribution is -3.06. The zero-order chi connectivity index (χ0) is 14.7. The Hall–Kier alpha value is -1.98. The van der Waals surface area contributed by atoms with Gasteiger partial charge in [0, 0.05) is 5.56 Å². The van der Waals surface area contributed by atoms with E-state index in [0.29, 0.717) is 6.04 Å². The number of aromatic nitrogens is 2. The van der Waals surface area contributed by atoms with E-state index in [1.165, 1.54) is 10.5 Å². The number of thiophene rings is 1. The van der Waals surface area contributed by atoms with Gasteiger partial charge < -0.3 is 10.2 Å². The Morgan fingerprint density at radius 1 is 1.14 bits per heavy atom. The average Bonchev–Trinajstić information content (AvgIpc) is 2.97. The summed E-state index contributed by atoms with van der Waals surface area (Å²) in [5.41, 5.74) is 1.33. The monoisotopic (exact) mass is 299 g/mol. The van der Waals surface area contributed by atoms with Crippen molar-refractivity contribution in [3.05, 3.63) is 53.7 Å². The Kier molecular flexibility index (Phi) is 4.13. The molecule has 2 aromatic heterocycles. The number of anilines is 1. The summed E-state index contributed by atoms with van der Waals surface area (Å²) in [7, 11) is 4.36. The Balaban J connectivity index is 1.80. The van der Waals surface area contributed by atoms with Gasteiger partial charge in [0.15, 0.2) is 0 Å². The maximum absolute atomic E-state index is 4.38. The van der Waals surface area contributed by atoms with Gasteiger partial charge in [0.2, 0.25) is 0 Å². The smallest absolute Gasteiger partial charge is 0.138 e. The molecule has 0 fully saturated rings. The van der Waals surface area contributed by atoms with Crippen molar-refractivity contribution in [3.8, 4) is 0 Å². The van der Waals surface area contributed by atoms with E-state index in [9.17, 15) is 0 Å². The minimum absolute atomic E-state index is 0.384. The summed E-state index contributed by atoms with van der Waals surface area (Å²) < 4.78 is 0. The first-order chi connectivity index (χ1) is 10.3. The minimum atomic E-state index is 0.384. The van der Waals surface area contributed by atoms with Crippen LogP contribution < -0.4 is 10.2 Å². The predicted octanol–water partition coefficient (Wildman–Crippen LogP) is 1.99. The van der Waals surface area contributed by atoms with Crippen LogP contribution in [0.5, 0.6) is 0 Å². The van der Waals surface area contributed by atoms with Crippen LogP contribution in [-0.2, 0) is 0 Å². The van der Waals surface area contributed by atoms with Gasteiger partial charge in [0.05, 0.1) is 26.0 Å². The van der Waals surface area contributed by atoms with Gasteiger partial charge in [-0.3, -0.25) is 0 Å². The molecule has 0 saturated heterocycles. The highest BCUT2D eigenvalue weighted by atomic mass is 32.1. The third-order valence-corrected chi connectivity index (χ3v) is 4.45. The average molecular weight is 299 g/mol. The largest absolute Gasteiger partial charge is 0.363 e. The van der Waals surface area contributed by atoms with Gasteiger partial charge in [-0.2, -0.15) is 0 Å². The standard InChI is InChI=1S/C16H18N4S/c1-20(2)14(12-6-4-3-5-7-12)10-17-15-13-8-9-21-16(13)19-11-18-15/h3-9,11,14H,10H2,1-2H3,(H,17,18,19)/p+1/t14-/m0/s1. The zero-order valence-corrected chi connectivity index (χ0v) is 13.0. The molecule has 0 saturated carbocycles. The lowest BCUT2D eigenvalue weighted by Gasteiger charge is -2.22. The Morgan fingerprint density at radius 2 is 1.95 bits per heavy atom. The molecule has 1 atom stereocenters. The van der Waals surface area contributed by atoms with Gasteiger partial charge in [-0.25, -0.2) is 9.97 Å². The lowest BCUT2D eigenvalue weighted by molar-refractivity contribution is -0.890. The molecule has 4 nitrogen and oxygen atoms in total. The molecule has 21 heavy (non-hydrogen) atoms. The van der Waals surface area contributed by atoms with Crippen molar-refractivity contribution in [2.24, 2.45) is 0 Å². The third-order valence-electron chi connectivity index (χ3n) is 3.63. The molecule has 0 aliphatic rings. The molecule has 3 aromatic rings. The van der Waals surface area contributed by atoms with E-state index in [1.807, 2.05) is 0 Å². The first-order valence-corrected chi connectivity index (χ1v) is 7.90. The van der Waals surface area contributed by atoms with Crippen LogP contribution in [0.1, 0.15) is 11.6 Å². The van der Waals surface area contributed by atoms with E-state index in [0.717, 1.165) is 22.6 Å². The van der Waals surface area contributed by atoms with Crippen molar-refractivity contribution in [1.82, 2.24) is 9.97 Å². The number of benzene rings is 1. The molecule has 3 rings (SSSR count). The number of hydrogen-bond donors (Lipinski definition) is 2. The number of quaternary nitrogens is 1. The second kappa shape index (κ2) is 6.20. The van der Waals surface area contributed by atoms with Gasteiger partial charge in [-0.15, -0.1) is 11.3 Å². The van der Waals surface area contributed by atoms with Crippen LogP contribution in [0.2, 0.25) is 0 Å². The molecule has 2 heterocycles. The highest BCUT2D eigenvalue weighted by molar-refractivity contribution is 7.16. The molecule has 2 N–H and O–H groups in total. The van der Waals surface area contributed by atoms with Crippen LogP contribution in [0.15, 0.2) is 48.1 Å². The lowest BCUT2D eigenvalue weighted by atomic mass is 10.1. The minimum Gasteiger partial charge on any atom is -0.363 e. The zero-order valence-electron chi connectivity index (χ0n) is 12.2. The SMILES string of the molecule is C[NH+](C)[C@@H](CNc1ncnc2sccc12)c1ccccc1. The van der Waals surface area contributed by atoms with Crippen LogP contribution in [0.3, 0.4) is 0 Å².